The minimum atomic E-state index is -0.352. The molecule has 0 radical (unpaired) electrons. The predicted octanol–water partition coefficient (Wildman–Crippen LogP) is 3.38. The van der Waals surface area contributed by atoms with E-state index in [4.69, 9.17) is 0 Å². The molecule has 3 aromatic rings. The average Bonchev–Trinajstić information content (AvgIpc) is 3.12. The number of nitrogens with one attached hydrogen (secondary N) is 1. The second-order valence-corrected chi connectivity index (χ2v) is 7.37. The third-order valence-corrected chi connectivity index (χ3v) is 5.76. The maximum absolute atomic E-state index is 12.7. The lowest BCUT2D eigenvalue weighted by molar-refractivity contribution is -0.115. The van der Waals surface area contributed by atoms with Crippen LogP contribution < -0.4 is 10.9 Å². The van der Waals surface area contributed by atoms with Crippen molar-refractivity contribution in [3.63, 3.8) is 0 Å². The molecule has 0 aliphatic carbocycles. The van der Waals surface area contributed by atoms with E-state index in [9.17, 15) is 9.59 Å². The molecule has 8 heteroatoms. The molecule has 1 atom stereocenters. The summed E-state index contributed by atoms with van der Waals surface area (Å²) in [7, 11) is 0. The van der Waals surface area contributed by atoms with Crippen LogP contribution in [0.3, 0.4) is 0 Å². The van der Waals surface area contributed by atoms with Crippen LogP contribution in [0, 0.1) is 0 Å². The number of nitrogens with zero attached hydrogens (tertiary/aromatic N) is 3. The number of anilines is 1. The van der Waals surface area contributed by atoms with Gasteiger partial charge in [0.2, 0.25) is 5.91 Å². The number of hydrogen-bond donors (Lipinski definition) is 1. The highest BCUT2D eigenvalue weighted by atomic mass is 32.2. The Morgan fingerprint density at radius 2 is 2.16 bits per heavy atom. The Kier molecular flexibility index (Phi) is 5.50. The number of thioether (sulfide) groups is 1. The van der Waals surface area contributed by atoms with Gasteiger partial charge in [-0.3, -0.25) is 14.2 Å². The van der Waals surface area contributed by atoms with Gasteiger partial charge in [0, 0.05) is 18.1 Å². The number of thiazole rings is 1. The van der Waals surface area contributed by atoms with E-state index in [1.807, 2.05) is 37.4 Å². The summed E-state index contributed by atoms with van der Waals surface area (Å²) in [5, 5.41) is 6.00. The Labute approximate surface area is 153 Å². The minimum absolute atomic E-state index is 0.0780. The van der Waals surface area contributed by atoms with Crippen LogP contribution in [0.5, 0.6) is 0 Å². The monoisotopic (exact) mass is 374 g/mol. The molecule has 0 spiro atoms. The van der Waals surface area contributed by atoms with E-state index < -0.39 is 0 Å². The first-order chi connectivity index (χ1) is 12.1. The van der Waals surface area contributed by atoms with Gasteiger partial charge < -0.3 is 5.32 Å². The largest absolute Gasteiger partial charge is 0.301 e. The summed E-state index contributed by atoms with van der Waals surface area (Å²) in [6.45, 7) is 4.34. The number of carbonyl (C=O) groups is 1. The van der Waals surface area contributed by atoms with E-state index in [1.165, 1.54) is 23.1 Å². The number of para-hydroxylation sites is 1. The smallest absolute Gasteiger partial charge is 0.262 e. The minimum Gasteiger partial charge on any atom is -0.301 e. The van der Waals surface area contributed by atoms with E-state index >= 15 is 0 Å². The zero-order valence-corrected chi connectivity index (χ0v) is 15.6. The Hall–Kier alpha value is -2.19. The van der Waals surface area contributed by atoms with Gasteiger partial charge in [0.15, 0.2) is 10.3 Å². The number of hydrogen-bond acceptors (Lipinski definition) is 6. The van der Waals surface area contributed by atoms with Gasteiger partial charge in [-0.15, -0.1) is 11.3 Å². The molecule has 2 aromatic heterocycles. The first-order valence-corrected chi connectivity index (χ1v) is 9.76. The van der Waals surface area contributed by atoms with E-state index in [1.54, 1.807) is 16.8 Å². The lowest BCUT2D eigenvalue weighted by atomic mass is 10.2. The normalized spacial score (nSPS) is 12.2. The van der Waals surface area contributed by atoms with Crippen molar-refractivity contribution >= 4 is 45.0 Å². The van der Waals surface area contributed by atoms with Crippen molar-refractivity contribution < 1.29 is 4.79 Å². The molecular weight excluding hydrogens is 356 g/mol. The number of aromatic nitrogens is 3. The Balaban J connectivity index is 1.92. The van der Waals surface area contributed by atoms with Crippen LogP contribution in [0.4, 0.5) is 5.13 Å². The van der Waals surface area contributed by atoms with Crippen LogP contribution in [0.25, 0.3) is 10.9 Å². The number of carbonyl (C=O) groups excluding carboxylic acids is 1. The molecule has 1 N–H and O–H groups in total. The molecule has 0 aliphatic rings. The van der Waals surface area contributed by atoms with Crippen molar-refractivity contribution in [1.29, 1.82) is 0 Å². The molecule has 25 heavy (non-hydrogen) atoms. The van der Waals surface area contributed by atoms with Crippen molar-refractivity contribution in [3.05, 3.63) is 46.2 Å². The summed E-state index contributed by atoms with van der Waals surface area (Å²) in [4.78, 5) is 33.9. The van der Waals surface area contributed by atoms with Crippen molar-refractivity contribution in [3.8, 4) is 0 Å². The summed E-state index contributed by atoms with van der Waals surface area (Å²) in [6, 6.07) is 7.27. The maximum Gasteiger partial charge on any atom is 0.262 e. The summed E-state index contributed by atoms with van der Waals surface area (Å²) >= 11 is 2.69. The van der Waals surface area contributed by atoms with Gasteiger partial charge in [0.05, 0.1) is 16.2 Å². The molecule has 0 saturated carbocycles. The SMILES string of the molecule is CCC(Sc1nc2ccccc2c(=O)n1CC)C(=O)Nc1nccs1. The standard InChI is InChI=1S/C17H18N4O2S2/c1-3-13(14(22)20-16-18-9-10-24-16)25-17-19-12-8-6-5-7-11(12)15(23)21(17)4-2/h5-10,13H,3-4H2,1-2H3,(H,18,20,22). The molecule has 1 amide bonds. The molecule has 3 rings (SSSR count). The molecule has 0 fully saturated rings. The first-order valence-electron chi connectivity index (χ1n) is 8.00. The molecular formula is C17H18N4O2S2. The molecule has 0 bridgehead atoms. The summed E-state index contributed by atoms with van der Waals surface area (Å²) in [5.41, 5.74) is 0.570. The second kappa shape index (κ2) is 7.79. The average molecular weight is 374 g/mol. The lowest BCUT2D eigenvalue weighted by Gasteiger charge is -2.16. The van der Waals surface area contributed by atoms with Crippen molar-refractivity contribution in [1.82, 2.24) is 14.5 Å². The summed E-state index contributed by atoms with van der Waals surface area (Å²) in [5.74, 6) is -0.132. The van der Waals surface area contributed by atoms with Crippen LogP contribution in [-0.4, -0.2) is 25.7 Å². The van der Waals surface area contributed by atoms with Gasteiger partial charge in [-0.2, -0.15) is 0 Å². The van der Waals surface area contributed by atoms with Gasteiger partial charge in [-0.25, -0.2) is 9.97 Å². The van der Waals surface area contributed by atoms with Crippen LogP contribution in [0.1, 0.15) is 20.3 Å². The molecule has 1 unspecified atom stereocenters. The molecule has 1 aromatic carbocycles. The van der Waals surface area contributed by atoms with Crippen molar-refractivity contribution in [2.75, 3.05) is 5.32 Å². The van der Waals surface area contributed by atoms with Crippen LogP contribution in [-0.2, 0) is 11.3 Å². The van der Waals surface area contributed by atoms with Gasteiger partial charge in [-0.05, 0) is 25.5 Å². The molecule has 0 aliphatic heterocycles. The van der Waals surface area contributed by atoms with E-state index in [-0.39, 0.29) is 16.7 Å². The quantitative estimate of drug-likeness (QED) is 0.529. The molecule has 2 heterocycles. The second-order valence-electron chi connectivity index (χ2n) is 5.30. The number of amides is 1. The highest BCUT2D eigenvalue weighted by Gasteiger charge is 2.22. The summed E-state index contributed by atoms with van der Waals surface area (Å²) in [6.07, 6.45) is 2.27. The topological polar surface area (TPSA) is 76.9 Å². The first kappa shape index (κ1) is 17.6. The Bertz CT molecular complexity index is 937. The molecule has 6 nitrogen and oxygen atoms in total. The van der Waals surface area contributed by atoms with E-state index in [2.05, 4.69) is 15.3 Å². The third-order valence-electron chi connectivity index (χ3n) is 3.72. The van der Waals surface area contributed by atoms with E-state index in [0.717, 1.165) is 0 Å². The van der Waals surface area contributed by atoms with Gasteiger partial charge in [0.25, 0.3) is 5.56 Å². The summed E-state index contributed by atoms with van der Waals surface area (Å²) < 4.78 is 1.62. The van der Waals surface area contributed by atoms with Gasteiger partial charge in [0.1, 0.15) is 0 Å². The van der Waals surface area contributed by atoms with Crippen molar-refractivity contribution in [2.24, 2.45) is 0 Å². The lowest BCUT2D eigenvalue weighted by Crippen LogP contribution is -2.27. The Morgan fingerprint density at radius 3 is 2.84 bits per heavy atom. The zero-order valence-electron chi connectivity index (χ0n) is 13.9. The highest BCUT2D eigenvalue weighted by Crippen LogP contribution is 2.26. The van der Waals surface area contributed by atoms with Crippen LogP contribution in [0.15, 0.2) is 45.8 Å². The molecule has 130 valence electrons. The predicted molar refractivity (Wildman–Crippen MR) is 102 cm³/mol. The number of benzene rings is 1. The fourth-order valence-electron chi connectivity index (χ4n) is 2.44. The number of fused-ring (bicyclic) bond motifs is 1. The highest BCUT2D eigenvalue weighted by molar-refractivity contribution is 8.00. The van der Waals surface area contributed by atoms with E-state index in [0.29, 0.717) is 34.2 Å². The van der Waals surface area contributed by atoms with Crippen LogP contribution >= 0.6 is 23.1 Å². The van der Waals surface area contributed by atoms with Crippen molar-refractivity contribution in [2.45, 2.75) is 37.2 Å². The van der Waals surface area contributed by atoms with Crippen LogP contribution in [0.2, 0.25) is 0 Å². The fraction of sp³-hybridized carbons (Fsp3) is 0.294. The number of rotatable bonds is 6. The van der Waals surface area contributed by atoms with Gasteiger partial charge in [-0.1, -0.05) is 30.8 Å². The maximum atomic E-state index is 12.7. The molecule has 0 saturated heterocycles. The fourth-order valence-corrected chi connectivity index (χ4v) is 4.05. The zero-order chi connectivity index (χ0) is 17.8. The van der Waals surface area contributed by atoms with Gasteiger partial charge >= 0.3 is 0 Å². The third kappa shape index (κ3) is 3.74. The Morgan fingerprint density at radius 1 is 1.36 bits per heavy atom.